The second-order valence-corrected chi connectivity index (χ2v) is 6.13. The number of nitrogens with zero attached hydrogens (tertiary/aromatic N) is 4. The summed E-state index contributed by atoms with van der Waals surface area (Å²) in [6.07, 6.45) is 3.57. The fourth-order valence-electron chi connectivity index (χ4n) is 2.91. The van der Waals surface area contributed by atoms with E-state index in [1.54, 1.807) is 25.6 Å². The van der Waals surface area contributed by atoms with Gasteiger partial charge in [-0.25, -0.2) is 4.98 Å². The highest BCUT2D eigenvalue weighted by atomic mass is 35.5. The molecule has 4 rings (SSSR count). The maximum absolute atomic E-state index is 6.01. The fraction of sp³-hybridized carbons (Fsp3) is 0.312. The van der Waals surface area contributed by atoms with Crippen molar-refractivity contribution in [3.05, 3.63) is 29.5 Å². The molecule has 3 N–H and O–H groups in total. The number of ether oxygens (including phenoxy) is 2. The SMILES string of the molecule is COc1cc(Cl)ccc1Nc1nc(N)nc2c1ncn2C1CCCO1. The topological polar surface area (TPSA) is 100 Å². The molecular formula is C16H17ClN6O2. The van der Waals surface area contributed by atoms with E-state index in [9.17, 15) is 0 Å². The molecule has 3 aromatic rings. The number of hydrogen-bond acceptors (Lipinski definition) is 7. The van der Waals surface area contributed by atoms with Gasteiger partial charge in [-0.3, -0.25) is 4.57 Å². The van der Waals surface area contributed by atoms with E-state index >= 15 is 0 Å². The lowest BCUT2D eigenvalue weighted by Gasteiger charge is -2.13. The lowest BCUT2D eigenvalue weighted by Crippen LogP contribution is -2.08. The van der Waals surface area contributed by atoms with Crippen molar-refractivity contribution >= 4 is 40.2 Å². The Morgan fingerprint density at radius 3 is 3.04 bits per heavy atom. The molecule has 1 aliphatic heterocycles. The Kier molecular flexibility index (Phi) is 4.06. The summed E-state index contributed by atoms with van der Waals surface area (Å²) in [4.78, 5) is 13.1. The van der Waals surface area contributed by atoms with Gasteiger partial charge in [0.2, 0.25) is 5.95 Å². The van der Waals surface area contributed by atoms with Gasteiger partial charge in [0, 0.05) is 17.7 Å². The molecule has 0 radical (unpaired) electrons. The molecule has 0 amide bonds. The third kappa shape index (κ3) is 2.94. The molecule has 0 aliphatic carbocycles. The average Bonchev–Trinajstić information content (AvgIpc) is 3.25. The van der Waals surface area contributed by atoms with Crippen molar-refractivity contribution in [3.63, 3.8) is 0 Å². The van der Waals surface area contributed by atoms with Gasteiger partial charge in [-0.15, -0.1) is 0 Å². The summed E-state index contributed by atoms with van der Waals surface area (Å²) in [5.41, 5.74) is 7.86. The molecule has 3 heterocycles. The largest absolute Gasteiger partial charge is 0.495 e. The molecule has 9 heteroatoms. The van der Waals surface area contributed by atoms with Crippen LogP contribution >= 0.6 is 11.6 Å². The molecule has 1 atom stereocenters. The highest BCUT2D eigenvalue weighted by Crippen LogP contribution is 2.33. The van der Waals surface area contributed by atoms with Crippen LogP contribution in [0.3, 0.4) is 0 Å². The summed E-state index contributed by atoms with van der Waals surface area (Å²) in [6.45, 7) is 0.734. The number of imidazole rings is 1. The van der Waals surface area contributed by atoms with Gasteiger partial charge in [0.05, 0.1) is 19.1 Å². The van der Waals surface area contributed by atoms with Crippen LogP contribution in [0, 0.1) is 0 Å². The normalized spacial score (nSPS) is 17.1. The van der Waals surface area contributed by atoms with Crippen molar-refractivity contribution in [1.29, 1.82) is 0 Å². The summed E-state index contributed by atoms with van der Waals surface area (Å²) in [6, 6.07) is 5.29. The Morgan fingerprint density at radius 2 is 2.28 bits per heavy atom. The highest BCUT2D eigenvalue weighted by molar-refractivity contribution is 6.30. The summed E-state index contributed by atoms with van der Waals surface area (Å²) in [5.74, 6) is 1.25. The first-order valence-electron chi connectivity index (χ1n) is 7.88. The summed E-state index contributed by atoms with van der Waals surface area (Å²) >= 11 is 6.01. The second kappa shape index (κ2) is 6.38. The molecule has 25 heavy (non-hydrogen) atoms. The molecule has 1 unspecified atom stereocenters. The average molecular weight is 361 g/mol. The van der Waals surface area contributed by atoms with E-state index in [1.807, 2.05) is 10.6 Å². The van der Waals surface area contributed by atoms with Crippen LogP contribution in [0.2, 0.25) is 5.02 Å². The zero-order valence-electron chi connectivity index (χ0n) is 13.6. The number of rotatable bonds is 4. The van der Waals surface area contributed by atoms with Crippen LogP contribution in [-0.4, -0.2) is 33.2 Å². The van der Waals surface area contributed by atoms with E-state index in [2.05, 4.69) is 20.3 Å². The van der Waals surface area contributed by atoms with Crippen molar-refractivity contribution in [2.45, 2.75) is 19.1 Å². The lowest BCUT2D eigenvalue weighted by atomic mass is 10.3. The van der Waals surface area contributed by atoms with E-state index in [1.165, 1.54) is 0 Å². The predicted molar refractivity (Wildman–Crippen MR) is 95.2 cm³/mol. The van der Waals surface area contributed by atoms with Gasteiger partial charge in [-0.1, -0.05) is 11.6 Å². The third-order valence-electron chi connectivity index (χ3n) is 4.07. The van der Waals surface area contributed by atoms with Gasteiger partial charge < -0.3 is 20.5 Å². The minimum absolute atomic E-state index is 0.0720. The Hall–Kier alpha value is -2.58. The molecule has 0 spiro atoms. The van der Waals surface area contributed by atoms with Crippen LogP contribution in [-0.2, 0) is 4.74 Å². The van der Waals surface area contributed by atoms with Crippen LogP contribution < -0.4 is 15.8 Å². The van der Waals surface area contributed by atoms with Crippen LogP contribution in [0.15, 0.2) is 24.5 Å². The molecule has 2 aromatic heterocycles. The van der Waals surface area contributed by atoms with Crippen molar-refractivity contribution in [3.8, 4) is 5.75 Å². The number of hydrogen-bond donors (Lipinski definition) is 2. The molecule has 8 nitrogen and oxygen atoms in total. The second-order valence-electron chi connectivity index (χ2n) is 5.69. The van der Waals surface area contributed by atoms with Gasteiger partial charge in [-0.05, 0) is 25.0 Å². The van der Waals surface area contributed by atoms with Crippen LogP contribution in [0.4, 0.5) is 17.5 Å². The standard InChI is InChI=1S/C16H17ClN6O2/c1-24-11-7-9(17)4-5-10(11)20-14-13-15(22-16(18)21-14)23(8-19-13)12-3-2-6-25-12/h4-5,7-8,12H,2-3,6H2,1H3,(H3,18,20,21,22). The number of nitrogens with one attached hydrogen (secondary N) is 1. The minimum Gasteiger partial charge on any atom is -0.495 e. The number of fused-ring (bicyclic) bond motifs is 1. The van der Waals surface area contributed by atoms with Gasteiger partial charge in [0.1, 0.15) is 12.0 Å². The highest BCUT2D eigenvalue weighted by Gasteiger charge is 2.22. The number of aromatic nitrogens is 4. The zero-order chi connectivity index (χ0) is 17.4. The number of halogens is 1. The van der Waals surface area contributed by atoms with E-state index in [4.69, 9.17) is 26.8 Å². The van der Waals surface area contributed by atoms with Crippen LogP contribution in [0.1, 0.15) is 19.1 Å². The van der Waals surface area contributed by atoms with Crippen LogP contribution in [0.5, 0.6) is 5.75 Å². The maximum atomic E-state index is 6.01. The number of nitrogens with two attached hydrogens (primary N) is 1. The zero-order valence-corrected chi connectivity index (χ0v) is 14.3. The quantitative estimate of drug-likeness (QED) is 0.737. The summed E-state index contributed by atoms with van der Waals surface area (Å²) < 4.78 is 13.0. The predicted octanol–water partition coefficient (Wildman–Crippen LogP) is 3.12. The van der Waals surface area contributed by atoms with Gasteiger partial charge >= 0.3 is 0 Å². The first-order chi connectivity index (χ1) is 12.2. The number of nitrogen functional groups attached to an aromatic ring is 1. The van der Waals surface area contributed by atoms with Crippen molar-refractivity contribution in [2.75, 3.05) is 24.8 Å². The van der Waals surface area contributed by atoms with Gasteiger partial charge in [0.25, 0.3) is 0 Å². The molecule has 1 aliphatic rings. The van der Waals surface area contributed by atoms with Crippen molar-refractivity contribution in [1.82, 2.24) is 19.5 Å². The Balaban J connectivity index is 1.77. The molecular weight excluding hydrogens is 344 g/mol. The van der Waals surface area contributed by atoms with E-state index in [0.29, 0.717) is 33.4 Å². The lowest BCUT2D eigenvalue weighted by molar-refractivity contribution is 0.0593. The van der Waals surface area contributed by atoms with E-state index in [0.717, 1.165) is 19.4 Å². The number of methoxy groups -OCH3 is 1. The Bertz CT molecular complexity index is 922. The monoisotopic (exact) mass is 360 g/mol. The summed E-state index contributed by atoms with van der Waals surface area (Å²) in [5, 5.41) is 3.79. The van der Waals surface area contributed by atoms with E-state index < -0.39 is 0 Å². The first-order valence-corrected chi connectivity index (χ1v) is 8.25. The van der Waals surface area contributed by atoms with Gasteiger partial charge in [-0.2, -0.15) is 9.97 Å². The maximum Gasteiger partial charge on any atom is 0.224 e. The Labute approximate surface area is 148 Å². The molecule has 0 bridgehead atoms. The van der Waals surface area contributed by atoms with Crippen molar-refractivity contribution in [2.24, 2.45) is 0 Å². The number of benzene rings is 1. The summed E-state index contributed by atoms with van der Waals surface area (Å²) in [7, 11) is 1.58. The van der Waals surface area contributed by atoms with E-state index in [-0.39, 0.29) is 12.2 Å². The first kappa shape index (κ1) is 15.9. The molecule has 1 saturated heterocycles. The van der Waals surface area contributed by atoms with Gasteiger partial charge in [0.15, 0.2) is 17.0 Å². The Morgan fingerprint density at radius 1 is 1.40 bits per heavy atom. The molecule has 1 aromatic carbocycles. The smallest absolute Gasteiger partial charge is 0.224 e. The molecule has 130 valence electrons. The molecule has 0 saturated carbocycles. The van der Waals surface area contributed by atoms with Crippen molar-refractivity contribution < 1.29 is 9.47 Å². The van der Waals surface area contributed by atoms with Crippen LogP contribution in [0.25, 0.3) is 11.2 Å². The third-order valence-corrected chi connectivity index (χ3v) is 4.31. The molecule has 1 fully saturated rings. The minimum atomic E-state index is -0.0720. The number of anilines is 3. The fourth-order valence-corrected chi connectivity index (χ4v) is 3.07.